The zero-order valence-corrected chi connectivity index (χ0v) is 10.2. The summed E-state index contributed by atoms with van der Waals surface area (Å²) in [4.78, 5) is 0. The molecule has 2 heteroatoms. The van der Waals surface area contributed by atoms with E-state index >= 15 is 0 Å². The number of rotatable bonds is 3. The highest BCUT2D eigenvalue weighted by Gasteiger charge is 2.24. The Balaban J connectivity index is 3.37. The van der Waals surface area contributed by atoms with Crippen LogP contribution in [-0.2, 0) is 5.41 Å². The lowest BCUT2D eigenvalue weighted by atomic mass is 9.83. The first-order valence-corrected chi connectivity index (χ1v) is 5.19. The molecule has 2 nitrogen and oxygen atoms in total. The van der Waals surface area contributed by atoms with Crippen molar-refractivity contribution < 1.29 is 9.84 Å². The summed E-state index contributed by atoms with van der Waals surface area (Å²) in [7, 11) is 1.68. The summed E-state index contributed by atoms with van der Waals surface area (Å²) in [5, 5.41) is 9.37. The number of hydrogen-bond acceptors (Lipinski definition) is 2. The smallest absolute Gasteiger partial charge is 0.125 e. The Kier molecular flexibility index (Phi) is 3.40. The molecule has 0 aliphatic heterocycles. The van der Waals surface area contributed by atoms with Crippen LogP contribution in [0, 0.1) is 13.8 Å². The first-order valence-electron chi connectivity index (χ1n) is 5.19. The van der Waals surface area contributed by atoms with Gasteiger partial charge in [0.15, 0.2) is 0 Å². The van der Waals surface area contributed by atoms with Crippen molar-refractivity contribution in [2.75, 3.05) is 13.7 Å². The average molecular weight is 208 g/mol. The van der Waals surface area contributed by atoms with Crippen LogP contribution >= 0.6 is 0 Å². The third kappa shape index (κ3) is 2.15. The predicted octanol–water partition coefficient (Wildman–Crippen LogP) is 2.58. The lowest BCUT2D eigenvalue weighted by molar-refractivity contribution is 0.214. The molecule has 0 aliphatic rings. The summed E-state index contributed by atoms with van der Waals surface area (Å²) in [6.07, 6.45) is 0. The summed E-state index contributed by atoms with van der Waals surface area (Å²) in [5.41, 5.74) is 3.17. The molecule has 0 aromatic heterocycles. The van der Waals surface area contributed by atoms with Crippen LogP contribution in [0.1, 0.15) is 30.5 Å². The summed E-state index contributed by atoms with van der Waals surface area (Å²) in [5.74, 6) is 0.897. The van der Waals surface area contributed by atoms with Gasteiger partial charge in [0.25, 0.3) is 0 Å². The minimum absolute atomic E-state index is 0.117. The molecule has 0 atom stereocenters. The Labute approximate surface area is 91.9 Å². The molecule has 1 aromatic carbocycles. The fraction of sp³-hybridized carbons (Fsp3) is 0.538. The Bertz CT molecular complexity index is 354. The van der Waals surface area contributed by atoms with Crippen LogP contribution in [0.25, 0.3) is 0 Å². The zero-order valence-electron chi connectivity index (χ0n) is 10.2. The molecule has 0 saturated heterocycles. The second-order valence-electron chi connectivity index (χ2n) is 4.63. The van der Waals surface area contributed by atoms with Gasteiger partial charge in [-0.15, -0.1) is 0 Å². The number of aliphatic hydroxyl groups excluding tert-OH is 1. The van der Waals surface area contributed by atoms with Gasteiger partial charge in [-0.1, -0.05) is 26.0 Å². The van der Waals surface area contributed by atoms with E-state index in [1.54, 1.807) is 7.11 Å². The van der Waals surface area contributed by atoms with Crippen LogP contribution in [0.15, 0.2) is 12.1 Å². The van der Waals surface area contributed by atoms with Crippen LogP contribution in [0.4, 0.5) is 0 Å². The normalized spacial score (nSPS) is 11.6. The summed E-state index contributed by atoms with van der Waals surface area (Å²) in [6, 6.07) is 4.11. The highest BCUT2D eigenvalue weighted by molar-refractivity contribution is 5.48. The molecule has 0 bridgehead atoms. The fourth-order valence-electron chi connectivity index (χ4n) is 1.67. The lowest BCUT2D eigenvalue weighted by Crippen LogP contribution is -2.23. The maximum Gasteiger partial charge on any atom is 0.125 e. The summed E-state index contributed by atoms with van der Waals surface area (Å²) < 4.78 is 5.43. The highest BCUT2D eigenvalue weighted by atomic mass is 16.5. The Hall–Kier alpha value is -1.02. The molecule has 0 fully saturated rings. The lowest BCUT2D eigenvalue weighted by Gasteiger charge is -2.26. The molecule has 0 radical (unpaired) electrons. The van der Waals surface area contributed by atoms with Crippen molar-refractivity contribution in [3.63, 3.8) is 0 Å². The molecule has 0 aliphatic carbocycles. The van der Waals surface area contributed by atoms with E-state index in [-0.39, 0.29) is 12.0 Å². The van der Waals surface area contributed by atoms with Crippen LogP contribution in [-0.4, -0.2) is 18.8 Å². The second-order valence-corrected chi connectivity index (χ2v) is 4.63. The number of aliphatic hydroxyl groups is 1. The van der Waals surface area contributed by atoms with Crippen molar-refractivity contribution >= 4 is 0 Å². The van der Waals surface area contributed by atoms with Gasteiger partial charge in [0.2, 0.25) is 0 Å². The highest BCUT2D eigenvalue weighted by Crippen LogP contribution is 2.35. The second kappa shape index (κ2) is 4.23. The van der Waals surface area contributed by atoms with Gasteiger partial charge in [-0.25, -0.2) is 0 Å². The number of methoxy groups -OCH3 is 1. The average Bonchev–Trinajstić information content (AvgIpc) is 2.21. The van der Waals surface area contributed by atoms with Crippen molar-refractivity contribution in [3.05, 3.63) is 28.8 Å². The number of benzene rings is 1. The minimum Gasteiger partial charge on any atom is -0.496 e. The van der Waals surface area contributed by atoms with Crippen LogP contribution in [0.3, 0.4) is 0 Å². The summed E-state index contributed by atoms with van der Waals surface area (Å²) >= 11 is 0. The van der Waals surface area contributed by atoms with Crippen molar-refractivity contribution in [1.29, 1.82) is 0 Å². The fourth-order valence-corrected chi connectivity index (χ4v) is 1.67. The molecular formula is C13H20O2. The molecule has 1 N–H and O–H groups in total. The molecule has 1 aromatic rings. The van der Waals surface area contributed by atoms with E-state index in [1.165, 1.54) is 5.56 Å². The maximum absolute atomic E-state index is 9.37. The standard InChI is InChI=1S/C13H20O2/c1-9-6-7-11(13(3,4)8-14)12(15-5)10(9)2/h6-7,14H,8H2,1-5H3. The predicted molar refractivity (Wildman–Crippen MR) is 62.6 cm³/mol. The first kappa shape index (κ1) is 12.1. The Morgan fingerprint density at radius 1 is 1.27 bits per heavy atom. The molecule has 1 rings (SSSR count). The van der Waals surface area contributed by atoms with E-state index in [0.717, 1.165) is 16.9 Å². The van der Waals surface area contributed by atoms with Gasteiger partial charge in [0.1, 0.15) is 5.75 Å². The molecule has 84 valence electrons. The van der Waals surface area contributed by atoms with Crippen LogP contribution < -0.4 is 4.74 Å². The monoisotopic (exact) mass is 208 g/mol. The summed E-state index contributed by atoms with van der Waals surface area (Å²) in [6.45, 7) is 8.25. The van der Waals surface area contributed by atoms with Crippen LogP contribution in [0.5, 0.6) is 5.75 Å². The Morgan fingerprint density at radius 2 is 1.87 bits per heavy atom. The van der Waals surface area contributed by atoms with Gasteiger partial charge in [0.05, 0.1) is 13.7 Å². The quantitative estimate of drug-likeness (QED) is 0.827. The molecule has 0 saturated carbocycles. The van der Waals surface area contributed by atoms with Gasteiger partial charge in [-0.2, -0.15) is 0 Å². The number of ether oxygens (including phenoxy) is 1. The first-order chi connectivity index (χ1) is 6.94. The van der Waals surface area contributed by atoms with E-state index in [1.807, 2.05) is 26.8 Å². The zero-order chi connectivity index (χ0) is 11.6. The largest absolute Gasteiger partial charge is 0.496 e. The third-order valence-corrected chi connectivity index (χ3v) is 3.01. The number of aryl methyl sites for hydroxylation is 1. The van der Waals surface area contributed by atoms with Crippen molar-refractivity contribution in [2.45, 2.75) is 33.1 Å². The van der Waals surface area contributed by atoms with E-state index < -0.39 is 0 Å². The van der Waals surface area contributed by atoms with Gasteiger partial charge in [-0.05, 0) is 25.0 Å². The molecular weight excluding hydrogens is 188 g/mol. The third-order valence-electron chi connectivity index (χ3n) is 3.01. The van der Waals surface area contributed by atoms with Gasteiger partial charge in [0, 0.05) is 11.0 Å². The van der Waals surface area contributed by atoms with E-state index in [9.17, 15) is 5.11 Å². The molecule has 0 unspecified atom stereocenters. The Morgan fingerprint density at radius 3 is 2.33 bits per heavy atom. The molecule has 0 amide bonds. The van der Waals surface area contributed by atoms with Crippen molar-refractivity contribution in [1.82, 2.24) is 0 Å². The molecule has 15 heavy (non-hydrogen) atoms. The van der Waals surface area contributed by atoms with E-state index in [2.05, 4.69) is 13.0 Å². The van der Waals surface area contributed by atoms with E-state index in [4.69, 9.17) is 4.74 Å². The molecule has 0 spiro atoms. The number of hydrogen-bond donors (Lipinski definition) is 1. The van der Waals surface area contributed by atoms with Gasteiger partial charge >= 0.3 is 0 Å². The SMILES string of the molecule is COc1c(C(C)(C)CO)ccc(C)c1C. The van der Waals surface area contributed by atoms with Crippen molar-refractivity contribution in [2.24, 2.45) is 0 Å². The topological polar surface area (TPSA) is 29.5 Å². The van der Waals surface area contributed by atoms with Crippen molar-refractivity contribution in [3.8, 4) is 5.75 Å². The van der Waals surface area contributed by atoms with Gasteiger partial charge in [-0.3, -0.25) is 0 Å². The van der Waals surface area contributed by atoms with Crippen LogP contribution in [0.2, 0.25) is 0 Å². The van der Waals surface area contributed by atoms with E-state index in [0.29, 0.717) is 0 Å². The minimum atomic E-state index is -0.260. The molecule has 0 heterocycles. The maximum atomic E-state index is 9.37. The van der Waals surface area contributed by atoms with Gasteiger partial charge < -0.3 is 9.84 Å².